The number of rotatable bonds is 5. The highest BCUT2D eigenvalue weighted by molar-refractivity contribution is 5.82. The van der Waals surface area contributed by atoms with Crippen LogP contribution in [-0.4, -0.2) is 77.1 Å². The zero-order valence-electron chi connectivity index (χ0n) is 13.7. The number of alkyl halides is 1. The number of hydrogen-bond donors (Lipinski definition) is 0. The molecule has 2 saturated heterocycles. The van der Waals surface area contributed by atoms with E-state index < -0.39 is 6.17 Å². The molecule has 0 unspecified atom stereocenters. The molecule has 2 fully saturated rings. The Kier molecular flexibility index (Phi) is 5.27. The first-order chi connectivity index (χ1) is 11.2. The first-order valence-corrected chi connectivity index (χ1v) is 8.43. The molecule has 1 aromatic heterocycles. The van der Waals surface area contributed by atoms with E-state index >= 15 is 0 Å². The molecule has 2 aliphatic heterocycles. The van der Waals surface area contributed by atoms with Crippen molar-refractivity contribution in [2.75, 3.05) is 39.4 Å². The van der Waals surface area contributed by atoms with E-state index in [2.05, 4.69) is 5.10 Å². The van der Waals surface area contributed by atoms with Gasteiger partial charge in [0.1, 0.15) is 6.17 Å². The molecule has 6 nitrogen and oxygen atoms in total. The number of carbonyl (C=O) groups excluding carboxylic acids is 1. The number of carbonyl (C=O) groups is 1. The van der Waals surface area contributed by atoms with Crippen molar-refractivity contribution in [1.82, 2.24) is 19.6 Å². The monoisotopic (exact) mass is 324 g/mol. The van der Waals surface area contributed by atoms with E-state index in [1.165, 1.54) is 0 Å². The fraction of sp³-hybridized carbons (Fsp3) is 0.750. The van der Waals surface area contributed by atoms with Gasteiger partial charge in [-0.15, -0.1) is 0 Å². The molecule has 128 valence electrons. The van der Waals surface area contributed by atoms with Crippen molar-refractivity contribution >= 4 is 5.91 Å². The summed E-state index contributed by atoms with van der Waals surface area (Å²) in [5.74, 6) is 0.0534. The van der Waals surface area contributed by atoms with Crippen molar-refractivity contribution in [2.24, 2.45) is 0 Å². The number of morpholine rings is 1. The highest BCUT2D eigenvalue weighted by Gasteiger charge is 2.38. The molecule has 2 aliphatic rings. The van der Waals surface area contributed by atoms with Crippen LogP contribution in [0.4, 0.5) is 4.39 Å². The minimum Gasteiger partial charge on any atom is -0.378 e. The van der Waals surface area contributed by atoms with Crippen LogP contribution >= 0.6 is 0 Å². The second-order valence-electron chi connectivity index (χ2n) is 6.24. The first-order valence-electron chi connectivity index (χ1n) is 8.43. The number of aromatic nitrogens is 2. The van der Waals surface area contributed by atoms with Gasteiger partial charge in [0.15, 0.2) is 0 Å². The van der Waals surface area contributed by atoms with E-state index in [1.807, 2.05) is 33.8 Å². The van der Waals surface area contributed by atoms with E-state index in [0.717, 1.165) is 18.5 Å². The second kappa shape index (κ2) is 7.40. The first kappa shape index (κ1) is 16.4. The Morgan fingerprint density at radius 2 is 2.22 bits per heavy atom. The summed E-state index contributed by atoms with van der Waals surface area (Å²) in [5.41, 5.74) is 1.13. The topological polar surface area (TPSA) is 50.6 Å². The summed E-state index contributed by atoms with van der Waals surface area (Å²) in [6, 6.07) is -0.329. The van der Waals surface area contributed by atoms with Crippen LogP contribution in [0.5, 0.6) is 0 Å². The Morgan fingerprint density at radius 1 is 1.43 bits per heavy atom. The molecule has 0 aliphatic carbocycles. The SMILES string of the molecule is CCn1cc(CCN2C[C@H](F)C[C@H]2C(=O)N2CCOCC2)cn1. The number of halogens is 1. The van der Waals surface area contributed by atoms with E-state index in [0.29, 0.717) is 45.8 Å². The lowest BCUT2D eigenvalue weighted by Gasteiger charge is -2.32. The minimum atomic E-state index is -0.914. The summed E-state index contributed by atoms with van der Waals surface area (Å²) in [6.45, 7) is 6.31. The number of likely N-dealkylation sites (tertiary alicyclic amines) is 1. The van der Waals surface area contributed by atoms with Gasteiger partial charge in [-0.05, 0) is 18.9 Å². The molecule has 0 spiro atoms. The lowest BCUT2D eigenvalue weighted by atomic mass is 10.1. The Balaban J connectivity index is 1.58. The standard InChI is InChI=1S/C16H25FN4O2/c1-2-21-11-13(10-18-21)3-4-20-12-14(17)9-15(20)16(22)19-5-7-23-8-6-19/h10-11,14-15H,2-9,12H2,1H3/t14-,15+/m1/s1. The zero-order chi connectivity index (χ0) is 16.2. The molecule has 7 heteroatoms. The number of amides is 1. The maximum atomic E-state index is 13.9. The number of ether oxygens (including phenoxy) is 1. The minimum absolute atomic E-state index is 0.0534. The van der Waals surface area contributed by atoms with Crippen molar-refractivity contribution in [1.29, 1.82) is 0 Å². The maximum absolute atomic E-state index is 13.9. The number of hydrogen-bond acceptors (Lipinski definition) is 4. The van der Waals surface area contributed by atoms with Crippen molar-refractivity contribution in [3.63, 3.8) is 0 Å². The van der Waals surface area contributed by atoms with Crippen molar-refractivity contribution < 1.29 is 13.9 Å². The predicted molar refractivity (Wildman–Crippen MR) is 83.9 cm³/mol. The fourth-order valence-corrected chi connectivity index (χ4v) is 3.33. The van der Waals surface area contributed by atoms with Crippen LogP contribution in [0.15, 0.2) is 12.4 Å². The van der Waals surface area contributed by atoms with Gasteiger partial charge < -0.3 is 9.64 Å². The van der Waals surface area contributed by atoms with Crippen LogP contribution in [-0.2, 0) is 22.5 Å². The third-order valence-corrected chi connectivity index (χ3v) is 4.66. The van der Waals surface area contributed by atoms with E-state index in [-0.39, 0.29) is 11.9 Å². The molecule has 0 saturated carbocycles. The van der Waals surface area contributed by atoms with Gasteiger partial charge in [-0.1, -0.05) is 0 Å². The summed E-state index contributed by atoms with van der Waals surface area (Å²) in [5, 5.41) is 4.26. The van der Waals surface area contributed by atoms with Gasteiger partial charge in [0.05, 0.1) is 25.5 Å². The van der Waals surface area contributed by atoms with Crippen molar-refractivity contribution in [2.45, 2.75) is 38.5 Å². The normalized spacial score (nSPS) is 25.9. The molecular weight excluding hydrogens is 299 g/mol. The van der Waals surface area contributed by atoms with Gasteiger partial charge in [0.2, 0.25) is 5.91 Å². The summed E-state index contributed by atoms with van der Waals surface area (Å²) in [6.07, 6.45) is 4.06. The molecule has 0 aromatic carbocycles. The largest absolute Gasteiger partial charge is 0.378 e. The Labute approximate surface area is 136 Å². The number of nitrogens with zero attached hydrogens (tertiary/aromatic N) is 4. The zero-order valence-corrected chi connectivity index (χ0v) is 13.7. The Bertz CT molecular complexity index is 530. The van der Waals surface area contributed by atoms with E-state index in [4.69, 9.17) is 4.74 Å². The molecule has 0 N–H and O–H groups in total. The predicted octanol–water partition coefficient (Wildman–Crippen LogP) is 0.717. The molecule has 1 aromatic rings. The number of aryl methyl sites for hydroxylation is 1. The Morgan fingerprint density at radius 3 is 2.91 bits per heavy atom. The summed E-state index contributed by atoms with van der Waals surface area (Å²) in [4.78, 5) is 16.5. The van der Waals surface area contributed by atoms with Gasteiger partial charge in [0.25, 0.3) is 0 Å². The van der Waals surface area contributed by atoms with Crippen LogP contribution in [0.2, 0.25) is 0 Å². The Hall–Kier alpha value is -1.47. The molecule has 0 radical (unpaired) electrons. The molecule has 2 atom stereocenters. The van der Waals surface area contributed by atoms with Gasteiger partial charge in [-0.25, -0.2) is 4.39 Å². The quantitative estimate of drug-likeness (QED) is 0.801. The van der Waals surface area contributed by atoms with Crippen LogP contribution < -0.4 is 0 Å². The average molecular weight is 324 g/mol. The van der Waals surface area contributed by atoms with Gasteiger partial charge in [0, 0.05) is 45.3 Å². The molecule has 1 amide bonds. The van der Waals surface area contributed by atoms with Crippen molar-refractivity contribution in [3.05, 3.63) is 18.0 Å². The van der Waals surface area contributed by atoms with E-state index in [1.54, 1.807) is 0 Å². The molecule has 3 heterocycles. The smallest absolute Gasteiger partial charge is 0.240 e. The van der Waals surface area contributed by atoms with E-state index in [9.17, 15) is 9.18 Å². The molecule has 3 rings (SSSR count). The summed E-state index contributed by atoms with van der Waals surface area (Å²) < 4.78 is 21.1. The lowest BCUT2D eigenvalue weighted by molar-refractivity contribution is -0.140. The maximum Gasteiger partial charge on any atom is 0.240 e. The highest BCUT2D eigenvalue weighted by atomic mass is 19.1. The van der Waals surface area contributed by atoms with Gasteiger partial charge in [-0.2, -0.15) is 5.10 Å². The lowest BCUT2D eigenvalue weighted by Crippen LogP contribution is -2.50. The summed E-state index contributed by atoms with van der Waals surface area (Å²) in [7, 11) is 0. The third kappa shape index (κ3) is 3.90. The van der Waals surface area contributed by atoms with Crippen molar-refractivity contribution in [3.8, 4) is 0 Å². The fourth-order valence-electron chi connectivity index (χ4n) is 3.33. The second-order valence-corrected chi connectivity index (χ2v) is 6.24. The summed E-state index contributed by atoms with van der Waals surface area (Å²) >= 11 is 0. The van der Waals surface area contributed by atoms with Gasteiger partial charge >= 0.3 is 0 Å². The van der Waals surface area contributed by atoms with Crippen LogP contribution in [0.3, 0.4) is 0 Å². The van der Waals surface area contributed by atoms with Crippen LogP contribution in [0, 0.1) is 0 Å². The van der Waals surface area contributed by atoms with Crippen LogP contribution in [0.25, 0.3) is 0 Å². The van der Waals surface area contributed by atoms with Gasteiger partial charge in [-0.3, -0.25) is 14.4 Å². The average Bonchev–Trinajstić information content (AvgIpc) is 3.19. The molecule has 0 bridgehead atoms. The highest BCUT2D eigenvalue weighted by Crippen LogP contribution is 2.23. The molecule has 23 heavy (non-hydrogen) atoms. The third-order valence-electron chi connectivity index (χ3n) is 4.66. The molecular formula is C16H25FN4O2. The van der Waals surface area contributed by atoms with Crippen LogP contribution in [0.1, 0.15) is 18.9 Å².